The van der Waals surface area contributed by atoms with Crippen LogP contribution in [0.3, 0.4) is 0 Å². The molecule has 2 aliphatic heterocycles. The Morgan fingerprint density at radius 3 is 2.50 bits per heavy atom. The third kappa shape index (κ3) is 4.67. The molecular weight excluding hydrogens is 444 g/mol. The van der Waals surface area contributed by atoms with Crippen LogP contribution in [0.5, 0.6) is 0 Å². The first-order chi connectivity index (χ1) is 15.7. The van der Waals surface area contributed by atoms with Crippen LogP contribution < -0.4 is 10.2 Å². The number of nitrogens with one attached hydrogen (secondary N) is 1. The highest BCUT2D eigenvalue weighted by atomic mass is 32.2. The summed E-state index contributed by atoms with van der Waals surface area (Å²) < 4.78 is 8.00. The van der Waals surface area contributed by atoms with Crippen LogP contribution >= 0.6 is 23.3 Å². The fourth-order valence-corrected chi connectivity index (χ4v) is 5.64. The monoisotopic (exact) mass is 472 g/mol. The summed E-state index contributed by atoms with van der Waals surface area (Å²) in [5, 5.41) is 4.09. The van der Waals surface area contributed by atoms with Crippen LogP contribution in [0.1, 0.15) is 4.88 Å². The normalized spacial score (nSPS) is 18.4. The van der Waals surface area contributed by atoms with Gasteiger partial charge in [0.05, 0.1) is 24.2 Å². The van der Waals surface area contributed by atoms with Crippen LogP contribution in [0.25, 0.3) is 21.6 Å². The zero-order valence-electron chi connectivity index (χ0n) is 18.5. The molecule has 0 atom stereocenters. The van der Waals surface area contributed by atoms with Gasteiger partial charge in [-0.3, -0.25) is 4.90 Å². The van der Waals surface area contributed by atoms with Gasteiger partial charge in [0.1, 0.15) is 10.6 Å². The van der Waals surface area contributed by atoms with Crippen LogP contribution in [0.2, 0.25) is 0 Å². The van der Waals surface area contributed by atoms with Crippen molar-refractivity contribution in [2.24, 2.45) is 0 Å². The molecule has 2 saturated heterocycles. The van der Waals surface area contributed by atoms with Crippen molar-refractivity contribution in [3.8, 4) is 11.4 Å². The first kappa shape index (κ1) is 21.8. The molecule has 0 aliphatic carbocycles. The van der Waals surface area contributed by atoms with Gasteiger partial charge in [-0.05, 0) is 12.3 Å². The average molecular weight is 473 g/mol. The predicted octanol–water partition coefficient (Wildman–Crippen LogP) is 2.42. The molecule has 32 heavy (non-hydrogen) atoms. The lowest BCUT2D eigenvalue weighted by atomic mass is 10.2. The first-order valence-electron chi connectivity index (χ1n) is 10.9. The fourth-order valence-electron chi connectivity index (χ4n) is 4.04. The van der Waals surface area contributed by atoms with E-state index < -0.39 is 0 Å². The molecule has 0 spiro atoms. The highest BCUT2D eigenvalue weighted by Crippen LogP contribution is 2.34. The minimum Gasteiger partial charge on any atom is -0.378 e. The highest BCUT2D eigenvalue weighted by Gasteiger charge is 2.22. The summed E-state index contributed by atoms with van der Waals surface area (Å²) in [4.78, 5) is 25.8. The van der Waals surface area contributed by atoms with Gasteiger partial charge in [0.15, 0.2) is 5.82 Å². The summed E-state index contributed by atoms with van der Waals surface area (Å²) >= 11 is 3.61. The smallest absolute Gasteiger partial charge is 0.222 e. The van der Waals surface area contributed by atoms with Gasteiger partial charge in [0, 0.05) is 70.1 Å². The van der Waals surface area contributed by atoms with Crippen LogP contribution in [0, 0.1) is 0 Å². The molecule has 5 rings (SSSR count). The Morgan fingerprint density at radius 2 is 1.81 bits per heavy atom. The van der Waals surface area contributed by atoms with E-state index in [0.717, 1.165) is 80.6 Å². The topological polar surface area (TPSA) is 82.5 Å². The Bertz CT molecular complexity index is 1050. The second-order valence-electron chi connectivity index (χ2n) is 7.83. The molecule has 0 amide bonds. The summed E-state index contributed by atoms with van der Waals surface area (Å²) in [6, 6.07) is 2.29. The summed E-state index contributed by atoms with van der Waals surface area (Å²) in [6.45, 7) is 8.48. The molecule has 170 valence electrons. The predicted molar refractivity (Wildman–Crippen MR) is 131 cm³/mol. The molecule has 0 unspecified atom stereocenters. The molecule has 0 saturated carbocycles. The van der Waals surface area contributed by atoms with Gasteiger partial charge < -0.3 is 15.0 Å². The van der Waals surface area contributed by atoms with Crippen LogP contribution in [-0.4, -0.2) is 94.9 Å². The lowest BCUT2D eigenvalue weighted by Gasteiger charge is -2.32. The number of hydrogen-bond acceptors (Lipinski definition) is 11. The maximum atomic E-state index is 5.58. The number of hydrogen-bond donors (Lipinski definition) is 1. The number of rotatable bonds is 6. The van der Waals surface area contributed by atoms with Crippen molar-refractivity contribution in [2.75, 3.05) is 76.0 Å². The summed E-state index contributed by atoms with van der Waals surface area (Å²) in [7, 11) is 1.81. The Hall–Kier alpha value is -2.05. The Balaban J connectivity index is 1.47. The quantitative estimate of drug-likeness (QED) is 0.540. The Morgan fingerprint density at radius 1 is 1.06 bits per heavy atom. The number of ether oxygens (including phenoxy) is 1. The van der Waals surface area contributed by atoms with Gasteiger partial charge in [0.25, 0.3) is 0 Å². The second kappa shape index (κ2) is 9.84. The van der Waals surface area contributed by atoms with E-state index in [2.05, 4.69) is 41.7 Å². The molecule has 3 aromatic rings. The van der Waals surface area contributed by atoms with Crippen molar-refractivity contribution in [3.63, 3.8) is 0 Å². The van der Waals surface area contributed by atoms with Gasteiger partial charge >= 0.3 is 0 Å². The molecule has 2 aliphatic rings. The molecule has 0 radical (unpaired) electrons. The number of anilines is 2. The maximum absolute atomic E-state index is 5.58. The molecule has 11 heteroatoms. The molecule has 3 aromatic heterocycles. The average Bonchev–Trinajstić information content (AvgIpc) is 3.27. The van der Waals surface area contributed by atoms with Crippen LogP contribution in [0.4, 0.5) is 11.8 Å². The molecule has 0 bridgehead atoms. The van der Waals surface area contributed by atoms with Crippen molar-refractivity contribution in [3.05, 3.63) is 23.3 Å². The van der Waals surface area contributed by atoms with E-state index in [1.54, 1.807) is 23.7 Å². The summed E-state index contributed by atoms with van der Waals surface area (Å²) in [5.41, 5.74) is 0.823. The standard InChI is InChI=1S/C21H28N8OS2/c1-22-21-23-12-15(13-24-21)18-25-19(28-7-9-30-10-8-28)17-11-16(32-20(17)26-18)14-27-3-5-29(31-2)6-4-27/h11-13H,3-10,14H2,1-2H3,(H,22,23,24). The van der Waals surface area contributed by atoms with Crippen LogP contribution in [0.15, 0.2) is 18.5 Å². The van der Waals surface area contributed by atoms with Crippen molar-refractivity contribution >= 4 is 45.3 Å². The first-order valence-corrected chi connectivity index (χ1v) is 12.9. The van der Waals surface area contributed by atoms with Gasteiger partial charge in [-0.2, -0.15) is 0 Å². The van der Waals surface area contributed by atoms with E-state index >= 15 is 0 Å². The zero-order valence-corrected chi connectivity index (χ0v) is 20.1. The number of morpholine rings is 1. The lowest BCUT2D eigenvalue weighted by Crippen LogP contribution is -2.42. The number of piperazine rings is 1. The lowest BCUT2D eigenvalue weighted by molar-refractivity contribution is 0.122. The molecular formula is C21H28N8OS2. The third-order valence-corrected chi connectivity index (χ3v) is 7.73. The number of aromatic nitrogens is 4. The van der Waals surface area contributed by atoms with E-state index in [4.69, 9.17) is 14.7 Å². The third-order valence-electron chi connectivity index (χ3n) is 5.84. The van der Waals surface area contributed by atoms with Gasteiger partial charge in [-0.25, -0.2) is 24.2 Å². The van der Waals surface area contributed by atoms with Gasteiger partial charge in [-0.15, -0.1) is 11.3 Å². The SMILES string of the molecule is CNc1ncc(-c2nc(N3CCOCC3)c3cc(CN4CCN(SC)CC4)sc3n2)cn1. The van der Waals surface area contributed by atoms with Crippen molar-refractivity contribution in [2.45, 2.75) is 6.54 Å². The molecule has 5 heterocycles. The fraction of sp³-hybridized carbons (Fsp3) is 0.524. The van der Waals surface area contributed by atoms with E-state index in [-0.39, 0.29) is 0 Å². The summed E-state index contributed by atoms with van der Waals surface area (Å²) in [6.07, 6.45) is 5.72. The molecule has 2 fully saturated rings. The Labute approximate surface area is 196 Å². The number of thiophene rings is 1. The zero-order chi connectivity index (χ0) is 21.9. The minimum absolute atomic E-state index is 0.586. The van der Waals surface area contributed by atoms with Crippen molar-refractivity contribution in [1.82, 2.24) is 29.1 Å². The highest BCUT2D eigenvalue weighted by molar-refractivity contribution is 7.96. The minimum atomic E-state index is 0.586. The summed E-state index contributed by atoms with van der Waals surface area (Å²) in [5.74, 6) is 2.24. The van der Waals surface area contributed by atoms with E-state index in [0.29, 0.717) is 11.8 Å². The van der Waals surface area contributed by atoms with Crippen LogP contribution in [-0.2, 0) is 11.3 Å². The van der Waals surface area contributed by atoms with E-state index in [9.17, 15) is 0 Å². The maximum Gasteiger partial charge on any atom is 0.222 e. The second-order valence-corrected chi connectivity index (χ2v) is 9.83. The van der Waals surface area contributed by atoms with E-state index in [1.165, 1.54) is 4.88 Å². The van der Waals surface area contributed by atoms with Crippen molar-refractivity contribution < 1.29 is 4.74 Å². The van der Waals surface area contributed by atoms with Gasteiger partial charge in [0.2, 0.25) is 5.95 Å². The van der Waals surface area contributed by atoms with E-state index in [1.807, 2.05) is 19.0 Å². The van der Waals surface area contributed by atoms with Crippen molar-refractivity contribution in [1.29, 1.82) is 0 Å². The molecule has 1 N–H and O–H groups in total. The molecule has 9 nitrogen and oxygen atoms in total. The number of nitrogens with zero attached hydrogens (tertiary/aromatic N) is 7. The van der Waals surface area contributed by atoms with Gasteiger partial charge in [-0.1, -0.05) is 11.9 Å². The molecule has 0 aromatic carbocycles. The number of fused-ring (bicyclic) bond motifs is 1. The largest absolute Gasteiger partial charge is 0.378 e. The Kier molecular flexibility index (Phi) is 6.69.